The van der Waals surface area contributed by atoms with Gasteiger partial charge in [0.25, 0.3) is 0 Å². The van der Waals surface area contributed by atoms with E-state index in [1.165, 1.54) is 0 Å². The van der Waals surface area contributed by atoms with Crippen LogP contribution in [0, 0.1) is 5.41 Å². The summed E-state index contributed by atoms with van der Waals surface area (Å²) in [6, 6.07) is 1.06. The molecular formula is C15H26N4O2. The molecule has 1 aromatic heterocycles. The Morgan fingerprint density at radius 1 is 1.29 bits per heavy atom. The van der Waals surface area contributed by atoms with Crippen LogP contribution in [0.2, 0.25) is 0 Å². The van der Waals surface area contributed by atoms with Gasteiger partial charge in [0.15, 0.2) is 0 Å². The highest BCUT2D eigenvalue weighted by molar-refractivity contribution is 5.87. The van der Waals surface area contributed by atoms with Crippen LogP contribution >= 0.6 is 0 Å². The molecule has 0 aliphatic carbocycles. The van der Waals surface area contributed by atoms with Gasteiger partial charge in [0.1, 0.15) is 0 Å². The van der Waals surface area contributed by atoms with Crippen molar-refractivity contribution in [3.8, 4) is 0 Å². The number of amides is 2. The molecular weight excluding hydrogens is 268 g/mol. The zero-order chi connectivity index (χ0) is 16.3. The molecule has 0 spiro atoms. The first kappa shape index (κ1) is 17.4. The van der Waals surface area contributed by atoms with Gasteiger partial charge < -0.3 is 10.4 Å². The molecule has 0 aliphatic rings. The number of aromatic nitrogens is 2. The summed E-state index contributed by atoms with van der Waals surface area (Å²) >= 11 is 0. The Kier molecular flexibility index (Phi) is 5.28. The van der Waals surface area contributed by atoms with Gasteiger partial charge >= 0.3 is 6.03 Å². The van der Waals surface area contributed by atoms with E-state index in [2.05, 4.69) is 20.6 Å². The zero-order valence-corrected chi connectivity index (χ0v) is 13.7. The predicted molar refractivity (Wildman–Crippen MR) is 83.2 cm³/mol. The third-order valence-corrected chi connectivity index (χ3v) is 3.18. The van der Waals surface area contributed by atoms with Crippen LogP contribution < -0.4 is 10.6 Å². The summed E-state index contributed by atoms with van der Waals surface area (Å²) in [5.41, 5.74) is 0.497. The number of urea groups is 1. The molecule has 0 aliphatic heterocycles. The fourth-order valence-electron chi connectivity index (χ4n) is 1.67. The van der Waals surface area contributed by atoms with E-state index in [4.69, 9.17) is 0 Å². The van der Waals surface area contributed by atoms with Crippen molar-refractivity contribution in [1.29, 1.82) is 0 Å². The molecule has 6 nitrogen and oxygen atoms in total. The third-order valence-electron chi connectivity index (χ3n) is 3.18. The van der Waals surface area contributed by atoms with Gasteiger partial charge in [-0.2, -0.15) is 0 Å². The van der Waals surface area contributed by atoms with Crippen molar-refractivity contribution in [1.82, 2.24) is 15.3 Å². The second-order valence-electron chi connectivity index (χ2n) is 7.22. The summed E-state index contributed by atoms with van der Waals surface area (Å²) in [4.78, 5) is 20.4. The predicted octanol–water partition coefficient (Wildman–Crippen LogP) is 2.30. The highest BCUT2D eigenvalue weighted by atomic mass is 16.3. The molecule has 1 heterocycles. The molecule has 3 N–H and O–H groups in total. The molecule has 118 valence electrons. The fraction of sp³-hybridized carbons (Fsp3) is 0.667. The van der Waals surface area contributed by atoms with Crippen molar-refractivity contribution < 1.29 is 9.90 Å². The van der Waals surface area contributed by atoms with E-state index in [0.717, 1.165) is 5.69 Å². The van der Waals surface area contributed by atoms with Crippen LogP contribution in [0.15, 0.2) is 12.3 Å². The number of carbonyl (C=O) groups is 1. The van der Waals surface area contributed by atoms with Crippen LogP contribution in [-0.4, -0.2) is 33.8 Å². The number of hydrogen-bond donors (Lipinski definition) is 3. The van der Waals surface area contributed by atoms with Crippen molar-refractivity contribution >= 4 is 12.0 Å². The maximum atomic E-state index is 12.0. The second-order valence-corrected chi connectivity index (χ2v) is 7.22. The van der Waals surface area contributed by atoms with Crippen molar-refractivity contribution in [3.63, 3.8) is 0 Å². The quantitative estimate of drug-likeness (QED) is 0.798. The van der Waals surface area contributed by atoms with E-state index < -0.39 is 6.03 Å². The number of nitrogens with one attached hydrogen (secondary N) is 2. The van der Waals surface area contributed by atoms with E-state index in [1.807, 2.05) is 47.6 Å². The largest absolute Gasteiger partial charge is 0.394 e. The Morgan fingerprint density at radius 2 is 1.90 bits per heavy atom. The number of carbonyl (C=O) groups excluding carboxylic acids is 1. The summed E-state index contributed by atoms with van der Waals surface area (Å²) < 4.78 is 0. The van der Waals surface area contributed by atoms with Crippen molar-refractivity contribution in [2.75, 3.05) is 11.9 Å². The van der Waals surface area contributed by atoms with E-state index in [-0.39, 0.29) is 29.4 Å². The lowest BCUT2D eigenvalue weighted by Gasteiger charge is -2.29. The smallest absolute Gasteiger partial charge is 0.321 e. The van der Waals surface area contributed by atoms with Crippen LogP contribution in [0.5, 0.6) is 0 Å². The maximum absolute atomic E-state index is 12.0. The molecule has 1 atom stereocenters. The minimum absolute atomic E-state index is 0.116. The van der Waals surface area contributed by atoms with Gasteiger partial charge in [0, 0.05) is 11.6 Å². The minimum Gasteiger partial charge on any atom is -0.394 e. The number of aliphatic hydroxyl groups is 1. The summed E-state index contributed by atoms with van der Waals surface area (Å²) in [7, 11) is 0. The van der Waals surface area contributed by atoms with Crippen LogP contribution in [0.1, 0.15) is 47.2 Å². The Balaban J connectivity index is 2.76. The molecule has 21 heavy (non-hydrogen) atoms. The van der Waals surface area contributed by atoms with Gasteiger partial charge in [0.2, 0.25) is 5.95 Å². The van der Waals surface area contributed by atoms with E-state index in [0.29, 0.717) is 0 Å². The SMILES string of the molecule is CC(C)(C)c1ccnc(NC(=O)NC(CO)C(C)(C)C)n1. The third kappa shape index (κ3) is 5.30. The van der Waals surface area contributed by atoms with Gasteiger partial charge in [-0.15, -0.1) is 0 Å². The van der Waals surface area contributed by atoms with E-state index in [1.54, 1.807) is 6.20 Å². The summed E-state index contributed by atoms with van der Waals surface area (Å²) in [6.45, 7) is 11.8. The van der Waals surface area contributed by atoms with Crippen molar-refractivity contribution in [2.45, 2.75) is 53.0 Å². The number of anilines is 1. The molecule has 0 saturated carbocycles. The van der Waals surface area contributed by atoms with Crippen LogP contribution in [0.4, 0.5) is 10.7 Å². The van der Waals surface area contributed by atoms with Gasteiger partial charge in [0.05, 0.1) is 18.3 Å². The average molecular weight is 294 g/mol. The molecule has 1 aromatic rings. The first-order chi connectivity index (χ1) is 9.54. The molecule has 0 saturated heterocycles. The van der Waals surface area contributed by atoms with Crippen LogP contribution in [0.25, 0.3) is 0 Å². The van der Waals surface area contributed by atoms with Gasteiger partial charge in [-0.1, -0.05) is 41.5 Å². The molecule has 0 fully saturated rings. The number of hydrogen-bond acceptors (Lipinski definition) is 4. The Hall–Kier alpha value is -1.69. The lowest BCUT2D eigenvalue weighted by molar-refractivity contribution is 0.162. The van der Waals surface area contributed by atoms with Crippen molar-refractivity contribution in [3.05, 3.63) is 18.0 Å². The summed E-state index contributed by atoms with van der Waals surface area (Å²) in [5.74, 6) is 0.255. The maximum Gasteiger partial charge on any atom is 0.321 e. The fourth-order valence-corrected chi connectivity index (χ4v) is 1.67. The lowest BCUT2D eigenvalue weighted by atomic mass is 9.87. The monoisotopic (exact) mass is 294 g/mol. The van der Waals surface area contributed by atoms with Gasteiger partial charge in [-0.3, -0.25) is 5.32 Å². The molecule has 0 aromatic carbocycles. The number of rotatable bonds is 3. The molecule has 6 heteroatoms. The molecule has 1 unspecified atom stereocenters. The van der Waals surface area contributed by atoms with Gasteiger partial charge in [-0.25, -0.2) is 14.8 Å². The number of aliphatic hydroxyl groups excluding tert-OH is 1. The second kappa shape index (κ2) is 6.39. The van der Waals surface area contributed by atoms with Gasteiger partial charge in [-0.05, 0) is 11.5 Å². The topological polar surface area (TPSA) is 87.1 Å². The summed E-state index contributed by atoms with van der Waals surface area (Å²) in [5, 5.41) is 14.7. The van der Waals surface area contributed by atoms with Crippen molar-refractivity contribution in [2.24, 2.45) is 5.41 Å². The highest BCUT2D eigenvalue weighted by Gasteiger charge is 2.25. The molecule has 2 amide bonds. The Morgan fingerprint density at radius 3 is 2.38 bits per heavy atom. The number of nitrogens with zero attached hydrogens (tertiary/aromatic N) is 2. The normalized spacial score (nSPS) is 13.7. The van der Waals surface area contributed by atoms with E-state index >= 15 is 0 Å². The molecule has 0 bridgehead atoms. The standard InChI is InChI=1S/C15H26N4O2/c1-14(2,3)10-7-8-16-12(17-10)19-13(21)18-11(9-20)15(4,5)6/h7-8,11,20H,9H2,1-6H3,(H2,16,17,18,19,21). The zero-order valence-electron chi connectivity index (χ0n) is 13.7. The Bertz CT molecular complexity index is 489. The summed E-state index contributed by atoms with van der Waals surface area (Å²) in [6.07, 6.45) is 1.62. The first-order valence-corrected chi connectivity index (χ1v) is 7.06. The molecule has 1 rings (SSSR count). The van der Waals surface area contributed by atoms with Crippen LogP contribution in [0.3, 0.4) is 0 Å². The first-order valence-electron chi connectivity index (χ1n) is 7.06. The van der Waals surface area contributed by atoms with E-state index in [9.17, 15) is 9.90 Å². The van der Waals surface area contributed by atoms with Crippen LogP contribution in [-0.2, 0) is 5.41 Å². The average Bonchev–Trinajstić information content (AvgIpc) is 2.33. The lowest BCUT2D eigenvalue weighted by Crippen LogP contribution is -2.47. The highest BCUT2D eigenvalue weighted by Crippen LogP contribution is 2.20. The minimum atomic E-state index is -0.421. The Labute approximate surface area is 126 Å². The molecule has 0 radical (unpaired) electrons.